The number of rotatable bonds is 1. The van der Waals surface area contributed by atoms with Crippen molar-refractivity contribution in [2.45, 2.75) is 0 Å². The molecule has 5 heteroatoms. The summed E-state index contributed by atoms with van der Waals surface area (Å²) >= 11 is 5.26. The van der Waals surface area contributed by atoms with Crippen molar-refractivity contribution >= 4 is 17.6 Å². The number of hydrogen-bond donors (Lipinski definition) is 2. The predicted octanol–water partition coefficient (Wildman–Crippen LogP) is 0.994. The molecule has 0 saturated heterocycles. The smallest absolute Gasteiger partial charge is 0.383 e. The summed E-state index contributed by atoms with van der Waals surface area (Å²) in [6, 6.07) is 0. The molecule has 1 rings (SSSR count). The molecule has 0 bridgehead atoms. The third-order valence-electron chi connectivity index (χ3n) is 1.12. The van der Waals surface area contributed by atoms with Gasteiger partial charge in [-0.15, -0.1) is 11.6 Å². The summed E-state index contributed by atoms with van der Waals surface area (Å²) in [5, 5.41) is 17.7. The number of esters is 1. The summed E-state index contributed by atoms with van der Waals surface area (Å²) in [6.07, 6.45) is 1.28. The van der Waals surface area contributed by atoms with E-state index in [4.69, 9.17) is 21.8 Å². The van der Waals surface area contributed by atoms with Crippen molar-refractivity contribution in [3.63, 3.8) is 0 Å². The first-order chi connectivity index (χ1) is 5.16. The van der Waals surface area contributed by atoms with Crippen molar-refractivity contribution in [1.82, 2.24) is 0 Å². The number of ether oxygens (including phenoxy) is 1. The van der Waals surface area contributed by atoms with Gasteiger partial charge in [0.05, 0.1) is 0 Å². The Morgan fingerprint density at radius 3 is 2.45 bits per heavy atom. The van der Waals surface area contributed by atoms with Gasteiger partial charge in [0.25, 0.3) is 0 Å². The Morgan fingerprint density at radius 2 is 2.09 bits per heavy atom. The molecule has 11 heavy (non-hydrogen) atoms. The summed E-state index contributed by atoms with van der Waals surface area (Å²) in [5.41, 5.74) is 0. The zero-order valence-electron chi connectivity index (χ0n) is 5.37. The summed E-state index contributed by atoms with van der Waals surface area (Å²) < 4.78 is 4.39. The number of aliphatic hydroxyl groups is 2. The van der Waals surface area contributed by atoms with E-state index in [9.17, 15) is 4.79 Å². The lowest BCUT2D eigenvalue weighted by Gasteiger charge is -1.93. The molecular formula is C6H5ClO4. The molecule has 60 valence electrons. The molecule has 2 N–H and O–H groups in total. The van der Waals surface area contributed by atoms with E-state index in [-0.39, 0.29) is 11.6 Å². The molecule has 0 aromatic rings. The van der Waals surface area contributed by atoms with Gasteiger partial charge >= 0.3 is 5.97 Å². The highest BCUT2D eigenvalue weighted by Crippen LogP contribution is 2.21. The Hall–Kier alpha value is -1.16. The molecule has 0 atom stereocenters. The second-order valence-electron chi connectivity index (χ2n) is 1.81. The summed E-state index contributed by atoms with van der Waals surface area (Å²) in [5.74, 6) is -2.29. The molecule has 0 spiro atoms. The van der Waals surface area contributed by atoms with Gasteiger partial charge in [0, 0.05) is 5.88 Å². The molecule has 0 saturated carbocycles. The lowest BCUT2D eigenvalue weighted by Crippen LogP contribution is -1.96. The Kier molecular flexibility index (Phi) is 2.05. The molecule has 0 aromatic heterocycles. The van der Waals surface area contributed by atoms with Crippen LogP contribution in [0.3, 0.4) is 0 Å². The molecule has 0 fully saturated rings. The third kappa shape index (κ3) is 1.30. The number of halogens is 1. The Labute approximate surface area is 67.3 Å². The monoisotopic (exact) mass is 176 g/mol. The first kappa shape index (κ1) is 7.94. The SMILES string of the molecule is O=C1O/C(=C/CCl)C(O)=C1O. The first-order valence-corrected chi connectivity index (χ1v) is 3.31. The van der Waals surface area contributed by atoms with Crippen molar-refractivity contribution in [2.75, 3.05) is 5.88 Å². The van der Waals surface area contributed by atoms with Crippen molar-refractivity contribution in [3.05, 3.63) is 23.4 Å². The van der Waals surface area contributed by atoms with Crippen LogP contribution in [0.15, 0.2) is 23.4 Å². The van der Waals surface area contributed by atoms with Crippen LogP contribution in [0.1, 0.15) is 0 Å². The normalized spacial score (nSPS) is 21.2. The molecule has 1 aliphatic rings. The average molecular weight is 177 g/mol. The minimum atomic E-state index is -0.959. The van der Waals surface area contributed by atoms with Gasteiger partial charge in [-0.3, -0.25) is 0 Å². The van der Waals surface area contributed by atoms with Crippen LogP contribution in [0.25, 0.3) is 0 Å². The van der Waals surface area contributed by atoms with Gasteiger partial charge in [-0.1, -0.05) is 0 Å². The molecule has 4 nitrogen and oxygen atoms in total. The van der Waals surface area contributed by atoms with E-state index >= 15 is 0 Å². The van der Waals surface area contributed by atoms with Gasteiger partial charge in [0.15, 0.2) is 5.76 Å². The summed E-state index contributed by atoms with van der Waals surface area (Å²) in [6.45, 7) is 0. The number of allylic oxidation sites excluding steroid dienone is 1. The fourth-order valence-corrected chi connectivity index (χ4v) is 0.758. The molecule has 0 radical (unpaired) electrons. The van der Waals surface area contributed by atoms with Crippen LogP contribution in [0.4, 0.5) is 0 Å². The molecular weight excluding hydrogens is 172 g/mol. The number of carbonyl (C=O) groups excluding carboxylic acids is 1. The van der Waals surface area contributed by atoms with Crippen LogP contribution >= 0.6 is 11.6 Å². The zero-order valence-corrected chi connectivity index (χ0v) is 6.13. The largest absolute Gasteiger partial charge is 0.502 e. The first-order valence-electron chi connectivity index (χ1n) is 2.77. The topological polar surface area (TPSA) is 66.8 Å². The number of aliphatic hydroxyl groups excluding tert-OH is 2. The van der Waals surface area contributed by atoms with E-state index in [1.54, 1.807) is 0 Å². The van der Waals surface area contributed by atoms with Gasteiger partial charge < -0.3 is 14.9 Å². The molecule has 1 aliphatic heterocycles. The summed E-state index contributed by atoms with van der Waals surface area (Å²) in [7, 11) is 0. The van der Waals surface area contributed by atoms with Crippen LogP contribution in [0.5, 0.6) is 0 Å². The maximum Gasteiger partial charge on any atom is 0.383 e. The molecule has 0 aliphatic carbocycles. The van der Waals surface area contributed by atoms with Crippen LogP contribution in [-0.4, -0.2) is 22.1 Å². The number of cyclic esters (lactones) is 1. The van der Waals surface area contributed by atoms with Crippen LogP contribution in [0.2, 0.25) is 0 Å². The van der Waals surface area contributed by atoms with Crippen molar-refractivity contribution in [1.29, 1.82) is 0 Å². The van der Waals surface area contributed by atoms with Gasteiger partial charge in [0.2, 0.25) is 11.5 Å². The van der Waals surface area contributed by atoms with Crippen LogP contribution in [0, 0.1) is 0 Å². The standard InChI is InChI=1S/C6H5ClO4/c7-2-1-3-4(8)5(9)6(10)11-3/h1,8-9H,2H2/b3-1+. The van der Waals surface area contributed by atoms with Gasteiger partial charge in [-0.2, -0.15) is 0 Å². The minimum Gasteiger partial charge on any atom is -0.502 e. The molecule has 0 unspecified atom stereocenters. The fourth-order valence-electron chi connectivity index (χ4n) is 0.618. The quantitative estimate of drug-likeness (QED) is 0.462. The van der Waals surface area contributed by atoms with E-state index in [0.717, 1.165) is 0 Å². The van der Waals surface area contributed by atoms with Crippen LogP contribution in [-0.2, 0) is 9.53 Å². The fraction of sp³-hybridized carbons (Fsp3) is 0.167. The highest BCUT2D eigenvalue weighted by molar-refractivity contribution is 6.19. The van der Waals surface area contributed by atoms with Crippen molar-refractivity contribution in [3.8, 4) is 0 Å². The second kappa shape index (κ2) is 2.84. The van der Waals surface area contributed by atoms with Gasteiger partial charge in [-0.25, -0.2) is 4.79 Å². The lowest BCUT2D eigenvalue weighted by molar-refractivity contribution is -0.135. The number of carbonyl (C=O) groups is 1. The van der Waals surface area contributed by atoms with E-state index < -0.39 is 17.5 Å². The van der Waals surface area contributed by atoms with Crippen molar-refractivity contribution in [2.24, 2.45) is 0 Å². The Morgan fingerprint density at radius 1 is 1.45 bits per heavy atom. The minimum absolute atomic E-state index is 0.0949. The maximum absolute atomic E-state index is 10.5. The van der Waals surface area contributed by atoms with E-state index in [1.807, 2.05) is 0 Å². The molecule has 0 aromatic carbocycles. The van der Waals surface area contributed by atoms with Crippen LogP contribution < -0.4 is 0 Å². The number of alkyl halides is 1. The van der Waals surface area contributed by atoms with E-state index in [1.165, 1.54) is 6.08 Å². The maximum atomic E-state index is 10.5. The van der Waals surface area contributed by atoms with Gasteiger partial charge in [0.1, 0.15) is 0 Å². The third-order valence-corrected chi connectivity index (χ3v) is 1.27. The van der Waals surface area contributed by atoms with E-state index in [0.29, 0.717) is 0 Å². The van der Waals surface area contributed by atoms with Gasteiger partial charge in [-0.05, 0) is 6.08 Å². The highest BCUT2D eigenvalue weighted by Gasteiger charge is 2.29. The highest BCUT2D eigenvalue weighted by atomic mass is 35.5. The zero-order chi connectivity index (χ0) is 8.43. The number of hydrogen-bond acceptors (Lipinski definition) is 4. The molecule has 1 heterocycles. The Bertz CT molecular complexity index is 253. The van der Waals surface area contributed by atoms with Crippen molar-refractivity contribution < 1.29 is 19.7 Å². The van der Waals surface area contributed by atoms with E-state index in [2.05, 4.69) is 4.74 Å². The second-order valence-corrected chi connectivity index (χ2v) is 2.12. The molecule has 0 amide bonds. The Balaban J connectivity index is 2.95. The summed E-state index contributed by atoms with van der Waals surface area (Å²) in [4.78, 5) is 10.5. The average Bonchev–Trinajstić information content (AvgIpc) is 2.19. The predicted molar refractivity (Wildman–Crippen MR) is 37.2 cm³/mol. The lowest BCUT2D eigenvalue weighted by atomic mass is 10.4.